The van der Waals surface area contributed by atoms with Crippen molar-refractivity contribution in [2.45, 2.75) is 37.0 Å². The average molecular weight is 485 g/mol. The zero-order valence-corrected chi connectivity index (χ0v) is 21.8. The minimum Gasteiger partial charge on any atom is -1.00 e. The van der Waals surface area contributed by atoms with E-state index in [-0.39, 0.29) is 37.3 Å². The Labute approximate surface area is 193 Å². The van der Waals surface area contributed by atoms with Crippen molar-refractivity contribution in [2.24, 2.45) is 0 Å². The summed E-state index contributed by atoms with van der Waals surface area (Å²) in [6, 6.07) is 10.9. The molecule has 1 aliphatic heterocycles. The van der Waals surface area contributed by atoms with Gasteiger partial charge in [-0.3, -0.25) is 0 Å². The molecule has 1 N–H and O–H groups in total. The third kappa shape index (κ3) is 3.95. The molecule has 1 unspecified atom stereocenters. The van der Waals surface area contributed by atoms with Crippen molar-refractivity contribution < 1.29 is 54.5 Å². The zero-order chi connectivity index (χ0) is 18.9. The van der Waals surface area contributed by atoms with E-state index in [1.165, 1.54) is 27.4 Å². The van der Waals surface area contributed by atoms with Crippen LogP contribution in [0.25, 0.3) is 11.1 Å². The van der Waals surface area contributed by atoms with Crippen molar-refractivity contribution in [3.8, 4) is 11.1 Å². The SMILES string of the molecule is C[Si](C)(C)OCC(=O)Nc1cc2c(c3c1[Si]3(C)C)[CH]([Ti+2])c1ccccc1-2.[Cl-].[Cl-]. The van der Waals surface area contributed by atoms with Gasteiger partial charge in [0.1, 0.15) is 0 Å². The van der Waals surface area contributed by atoms with Crippen LogP contribution in [0.5, 0.6) is 0 Å². The summed E-state index contributed by atoms with van der Waals surface area (Å²) >= 11 is 2.31. The number of amides is 1. The van der Waals surface area contributed by atoms with Crippen LogP contribution in [0.3, 0.4) is 0 Å². The van der Waals surface area contributed by atoms with Gasteiger partial charge in [-0.2, -0.15) is 0 Å². The number of hydrogen-bond acceptors (Lipinski definition) is 2. The maximum atomic E-state index is 12.5. The molecule has 0 saturated heterocycles. The number of nitrogens with one attached hydrogen (secondary N) is 1. The number of carbonyl (C=O) groups excluding carboxylic acids is 1. The minimum absolute atomic E-state index is 0. The van der Waals surface area contributed by atoms with Gasteiger partial charge in [0.15, 0.2) is 0 Å². The summed E-state index contributed by atoms with van der Waals surface area (Å²) in [6.07, 6.45) is 0. The molecule has 0 bridgehead atoms. The van der Waals surface area contributed by atoms with Crippen LogP contribution in [0.2, 0.25) is 32.7 Å². The molecule has 2 aromatic rings. The first kappa shape index (κ1) is 23.9. The molecule has 1 aliphatic carbocycles. The standard InChI is InChI=1S/C20H24NO2Si2.2ClH.Ti/c1-24(2,3)23-12-18(22)21-17-11-15-14-9-7-6-8-13(14)10-16(15)19-20(17)25(19,4)5;;;/h6-11H,12H2,1-5H3,(H,21,22);2*1H;/q;;;+2/p-2. The zero-order valence-electron chi connectivity index (χ0n) is 16.7. The first-order valence-corrected chi connectivity index (χ1v) is 16.4. The molecule has 3 nitrogen and oxygen atoms in total. The molecule has 1 atom stereocenters. The predicted octanol–water partition coefficient (Wildman–Crippen LogP) is -2.76. The van der Waals surface area contributed by atoms with Crippen LogP contribution in [0.15, 0.2) is 30.3 Å². The van der Waals surface area contributed by atoms with Crippen molar-refractivity contribution in [2.75, 3.05) is 11.9 Å². The number of benzene rings is 2. The fraction of sp³-hybridized carbons (Fsp3) is 0.350. The second-order valence-electron chi connectivity index (χ2n) is 8.73. The average Bonchev–Trinajstić information content (AvgIpc) is 3.02. The predicted molar refractivity (Wildman–Crippen MR) is 108 cm³/mol. The van der Waals surface area contributed by atoms with E-state index in [2.05, 4.69) is 88.8 Å². The van der Waals surface area contributed by atoms with Crippen molar-refractivity contribution in [3.05, 3.63) is 41.5 Å². The molecule has 0 radical (unpaired) electrons. The van der Waals surface area contributed by atoms with Gasteiger partial charge in [0.25, 0.3) is 0 Å². The smallest absolute Gasteiger partial charge is 1.00 e. The van der Waals surface area contributed by atoms with E-state index >= 15 is 0 Å². The van der Waals surface area contributed by atoms with E-state index in [1.54, 1.807) is 5.19 Å². The maximum absolute atomic E-state index is 12.5. The second-order valence-corrected chi connectivity index (χ2v) is 18.4. The van der Waals surface area contributed by atoms with Crippen LogP contribution in [-0.2, 0) is 29.7 Å². The number of halogens is 2. The fourth-order valence-corrected chi connectivity index (χ4v) is 9.45. The van der Waals surface area contributed by atoms with Gasteiger partial charge < -0.3 is 24.8 Å². The van der Waals surface area contributed by atoms with Gasteiger partial charge in [0.05, 0.1) is 0 Å². The van der Waals surface area contributed by atoms with Crippen LogP contribution < -0.4 is 40.5 Å². The topological polar surface area (TPSA) is 38.3 Å². The molecule has 147 valence electrons. The van der Waals surface area contributed by atoms with Crippen molar-refractivity contribution >= 4 is 38.4 Å². The fourth-order valence-electron chi connectivity index (χ4n) is 4.08. The van der Waals surface area contributed by atoms with Gasteiger partial charge in [-0.1, -0.05) is 0 Å². The second kappa shape index (κ2) is 8.03. The van der Waals surface area contributed by atoms with Crippen LogP contribution in [0, 0.1) is 0 Å². The molecule has 4 rings (SSSR count). The molecule has 8 heteroatoms. The monoisotopic (exact) mass is 484 g/mol. The largest absolute Gasteiger partial charge is 1.00 e. The molecule has 0 aromatic heterocycles. The van der Waals surface area contributed by atoms with E-state index in [0.717, 1.165) is 5.69 Å². The van der Waals surface area contributed by atoms with E-state index < -0.39 is 16.4 Å². The molecule has 2 aliphatic rings. The Kier molecular flexibility index (Phi) is 6.84. The van der Waals surface area contributed by atoms with Gasteiger partial charge in [-0.05, 0) is 0 Å². The Balaban J connectivity index is 0.00000140. The quantitative estimate of drug-likeness (QED) is 0.477. The molecular weight excluding hydrogens is 461 g/mol. The first-order valence-electron chi connectivity index (χ1n) is 9.07. The van der Waals surface area contributed by atoms with Crippen LogP contribution >= 0.6 is 0 Å². The molecule has 2 aromatic carbocycles. The van der Waals surface area contributed by atoms with E-state index in [0.29, 0.717) is 4.22 Å². The molecule has 1 heterocycles. The number of anilines is 1. The molecule has 1 amide bonds. The van der Waals surface area contributed by atoms with Crippen molar-refractivity contribution in [3.63, 3.8) is 0 Å². The maximum Gasteiger partial charge on any atom is -1.00 e. The minimum atomic E-state index is -1.69. The van der Waals surface area contributed by atoms with E-state index in [1.807, 2.05) is 0 Å². The van der Waals surface area contributed by atoms with Gasteiger partial charge >= 0.3 is 169 Å². The summed E-state index contributed by atoms with van der Waals surface area (Å²) in [6.45, 7) is 11.2. The Morgan fingerprint density at radius 3 is 2.43 bits per heavy atom. The summed E-state index contributed by atoms with van der Waals surface area (Å²) in [5, 5.41) is 6.14. The molecule has 0 saturated carbocycles. The Morgan fingerprint density at radius 1 is 1.14 bits per heavy atom. The Morgan fingerprint density at radius 2 is 1.79 bits per heavy atom. The molecule has 28 heavy (non-hydrogen) atoms. The van der Waals surface area contributed by atoms with Gasteiger partial charge in [-0.25, -0.2) is 0 Å². The van der Waals surface area contributed by atoms with Crippen molar-refractivity contribution in [1.29, 1.82) is 0 Å². The first-order chi connectivity index (χ1) is 12.1. The van der Waals surface area contributed by atoms with Gasteiger partial charge in [0.2, 0.25) is 0 Å². The molecular formula is C20H24Cl2NO2Si2Ti. The van der Waals surface area contributed by atoms with Crippen LogP contribution in [-0.4, -0.2) is 28.9 Å². The summed E-state index contributed by atoms with van der Waals surface area (Å²) in [4.78, 5) is 12.5. The number of hydrogen-bond donors (Lipinski definition) is 1. The summed E-state index contributed by atoms with van der Waals surface area (Å²) in [7, 11) is -3.25. The number of rotatable bonds is 4. The normalized spacial score (nSPS) is 17.5. The summed E-state index contributed by atoms with van der Waals surface area (Å²) in [5.74, 6) is -0.0365. The van der Waals surface area contributed by atoms with Gasteiger partial charge in [-0.15, -0.1) is 0 Å². The number of fused-ring (bicyclic) bond motifs is 5. The van der Waals surface area contributed by atoms with E-state index in [9.17, 15) is 4.79 Å². The third-order valence-electron chi connectivity index (χ3n) is 5.32. The number of carbonyl (C=O) groups is 1. The van der Waals surface area contributed by atoms with Crippen molar-refractivity contribution in [1.82, 2.24) is 0 Å². The molecule has 0 spiro atoms. The van der Waals surface area contributed by atoms with E-state index in [4.69, 9.17) is 4.43 Å². The summed E-state index contributed by atoms with van der Waals surface area (Å²) < 4.78 is 6.22. The third-order valence-corrected chi connectivity index (χ3v) is 10.6. The van der Waals surface area contributed by atoms with Crippen LogP contribution in [0.4, 0.5) is 5.69 Å². The van der Waals surface area contributed by atoms with Crippen LogP contribution in [0.1, 0.15) is 15.3 Å². The van der Waals surface area contributed by atoms with Gasteiger partial charge in [0, 0.05) is 0 Å². The Hall–Kier alpha value is -0.402. The summed E-state index contributed by atoms with van der Waals surface area (Å²) in [5.41, 5.74) is 6.57. The Bertz CT molecular complexity index is 945. The molecule has 0 fully saturated rings.